The number of rotatable bonds is 37. The Balaban J connectivity index is 1.80. The van der Waals surface area contributed by atoms with Gasteiger partial charge in [0.1, 0.15) is 0 Å². The standard InChI is InChI=1S/C49H80O4S/c1-3-5-7-9-11-13-15-19-23-27-39-51-47-38-35-45(43-48(47)52-40-28-24-20-16-14-12-10-8-6-4-2)32-31-44-33-36-46(37-34-44)49(50)53-41-29-25-21-17-18-22-26-30-42-54/h31-38,43,54H,3-30,39-42H2,1-2H3/b32-31+. The van der Waals surface area contributed by atoms with Crippen LogP contribution in [0.25, 0.3) is 12.2 Å². The minimum atomic E-state index is -0.241. The first-order valence-electron chi connectivity index (χ1n) is 22.6. The van der Waals surface area contributed by atoms with Crippen molar-refractivity contribution in [3.63, 3.8) is 0 Å². The molecule has 2 rings (SSSR count). The van der Waals surface area contributed by atoms with E-state index >= 15 is 0 Å². The zero-order chi connectivity index (χ0) is 38.6. The number of carbonyl (C=O) groups is 1. The lowest BCUT2D eigenvalue weighted by Gasteiger charge is -2.14. The van der Waals surface area contributed by atoms with Crippen LogP contribution in [0.1, 0.15) is 215 Å². The first kappa shape index (κ1) is 47.8. The monoisotopic (exact) mass is 765 g/mol. The van der Waals surface area contributed by atoms with Crippen LogP contribution in [0.5, 0.6) is 11.5 Å². The Morgan fingerprint density at radius 1 is 0.463 bits per heavy atom. The van der Waals surface area contributed by atoms with Crippen molar-refractivity contribution >= 4 is 30.8 Å². The summed E-state index contributed by atoms with van der Waals surface area (Å²) in [6.45, 7) is 6.49. The summed E-state index contributed by atoms with van der Waals surface area (Å²) in [4.78, 5) is 12.6. The van der Waals surface area contributed by atoms with Gasteiger partial charge in [-0.25, -0.2) is 4.79 Å². The highest BCUT2D eigenvalue weighted by atomic mass is 32.1. The normalized spacial score (nSPS) is 11.4. The number of hydrogen-bond donors (Lipinski definition) is 1. The van der Waals surface area contributed by atoms with Gasteiger partial charge in [-0.3, -0.25) is 0 Å². The molecule has 0 amide bonds. The van der Waals surface area contributed by atoms with Crippen LogP contribution < -0.4 is 9.47 Å². The number of thiol groups is 1. The predicted molar refractivity (Wildman–Crippen MR) is 238 cm³/mol. The summed E-state index contributed by atoms with van der Waals surface area (Å²) < 4.78 is 18.2. The Bertz CT molecular complexity index is 1180. The van der Waals surface area contributed by atoms with E-state index in [-0.39, 0.29) is 5.97 Å². The summed E-state index contributed by atoms with van der Waals surface area (Å²) in [6.07, 6.45) is 40.1. The molecule has 0 radical (unpaired) electrons. The molecule has 4 nitrogen and oxygen atoms in total. The number of benzene rings is 2. The molecule has 0 heterocycles. The van der Waals surface area contributed by atoms with Gasteiger partial charge in [0.15, 0.2) is 11.5 Å². The van der Waals surface area contributed by atoms with Gasteiger partial charge in [-0.05, 0) is 66.8 Å². The van der Waals surface area contributed by atoms with Gasteiger partial charge in [-0.1, -0.05) is 198 Å². The van der Waals surface area contributed by atoms with Crippen LogP contribution in [0.3, 0.4) is 0 Å². The average molecular weight is 765 g/mol. The maximum atomic E-state index is 12.6. The van der Waals surface area contributed by atoms with Gasteiger partial charge in [0.05, 0.1) is 25.4 Å². The largest absolute Gasteiger partial charge is 0.490 e. The molecule has 0 saturated heterocycles. The topological polar surface area (TPSA) is 44.8 Å². The first-order valence-corrected chi connectivity index (χ1v) is 23.3. The van der Waals surface area contributed by atoms with Crippen molar-refractivity contribution in [3.05, 3.63) is 59.2 Å². The average Bonchev–Trinajstić information content (AvgIpc) is 3.19. The fraction of sp³-hybridized carbons (Fsp3) is 0.694. The molecule has 0 N–H and O–H groups in total. The summed E-state index contributed by atoms with van der Waals surface area (Å²) in [5.41, 5.74) is 2.71. The van der Waals surface area contributed by atoms with Gasteiger partial charge in [0, 0.05) is 0 Å². The Hall–Kier alpha value is -2.40. The highest BCUT2D eigenvalue weighted by molar-refractivity contribution is 7.80. The van der Waals surface area contributed by atoms with Crippen LogP contribution in [-0.2, 0) is 4.74 Å². The summed E-state index contributed by atoms with van der Waals surface area (Å²) in [5.74, 6) is 2.43. The van der Waals surface area contributed by atoms with Crippen LogP contribution in [0.15, 0.2) is 42.5 Å². The maximum absolute atomic E-state index is 12.6. The van der Waals surface area contributed by atoms with Gasteiger partial charge in [-0.15, -0.1) is 0 Å². The lowest BCUT2D eigenvalue weighted by Crippen LogP contribution is -2.06. The molecule has 0 aliphatic heterocycles. The summed E-state index contributed by atoms with van der Waals surface area (Å²) in [5, 5.41) is 0. The third-order valence-corrected chi connectivity index (χ3v) is 10.7. The van der Waals surface area contributed by atoms with E-state index in [4.69, 9.17) is 14.2 Å². The number of unbranched alkanes of at least 4 members (excludes halogenated alkanes) is 25. The highest BCUT2D eigenvalue weighted by Gasteiger charge is 2.09. The van der Waals surface area contributed by atoms with Crippen molar-refractivity contribution in [3.8, 4) is 11.5 Å². The molecule has 0 atom stereocenters. The molecule has 54 heavy (non-hydrogen) atoms. The molecule has 0 fully saturated rings. The van der Waals surface area contributed by atoms with Crippen LogP contribution in [0.2, 0.25) is 0 Å². The SMILES string of the molecule is CCCCCCCCCCCCOc1ccc(/C=C/c2ccc(C(=O)OCCCCCCCCCCS)cc2)cc1OCCCCCCCCCCCC. The zero-order valence-electron chi connectivity index (χ0n) is 34.9. The molecule has 0 bridgehead atoms. The Kier molecular flexibility index (Phi) is 31.0. The second kappa shape index (κ2) is 35.0. The minimum Gasteiger partial charge on any atom is -0.490 e. The third kappa shape index (κ3) is 25.6. The molecular formula is C49H80O4S. The Morgan fingerprint density at radius 3 is 1.33 bits per heavy atom. The molecule has 0 unspecified atom stereocenters. The van der Waals surface area contributed by atoms with Crippen molar-refractivity contribution in [1.29, 1.82) is 0 Å². The lowest BCUT2D eigenvalue weighted by molar-refractivity contribution is 0.0497. The summed E-state index contributed by atoms with van der Waals surface area (Å²) >= 11 is 4.28. The first-order chi connectivity index (χ1) is 26.7. The maximum Gasteiger partial charge on any atom is 0.338 e. The van der Waals surface area contributed by atoms with E-state index in [1.165, 1.54) is 154 Å². The van der Waals surface area contributed by atoms with E-state index in [1.807, 2.05) is 24.3 Å². The van der Waals surface area contributed by atoms with Crippen molar-refractivity contribution in [2.75, 3.05) is 25.6 Å². The van der Waals surface area contributed by atoms with Crippen molar-refractivity contribution in [1.82, 2.24) is 0 Å². The lowest BCUT2D eigenvalue weighted by atomic mass is 10.1. The summed E-state index contributed by atoms with van der Waals surface area (Å²) in [7, 11) is 0. The quantitative estimate of drug-likeness (QED) is 0.0322. The molecule has 5 heteroatoms. The number of ether oxygens (including phenoxy) is 3. The van der Waals surface area contributed by atoms with Crippen LogP contribution in [0, 0.1) is 0 Å². The van der Waals surface area contributed by atoms with Crippen LogP contribution >= 0.6 is 12.6 Å². The molecular weight excluding hydrogens is 685 g/mol. The smallest absolute Gasteiger partial charge is 0.338 e. The Labute approximate surface area is 338 Å². The van der Waals surface area contributed by atoms with Crippen molar-refractivity contribution in [2.45, 2.75) is 194 Å². The number of hydrogen-bond acceptors (Lipinski definition) is 5. The molecule has 0 spiro atoms. The van der Waals surface area contributed by atoms with Gasteiger partial charge < -0.3 is 14.2 Å². The number of esters is 1. The second-order valence-electron chi connectivity index (χ2n) is 15.4. The van der Waals surface area contributed by atoms with Crippen molar-refractivity contribution in [2.24, 2.45) is 0 Å². The Morgan fingerprint density at radius 2 is 0.852 bits per heavy atom. The van der Waals surface area contributed by atoms with Gasteiger partial charge in [-0.2, -0.15) is 12.6 Å². The van der Waals surface area contributed by atoms with E-state index in [0.29, 0.717) is 18.8 Å². The van der Waals surface area contributed by atoms with Crippen LogP contribution in [-0.4, -0.2) is 31.5 Å². The van der Waals surface area contributed by atoms with Gasteiger partial charge in [0.25, 0.3) is 0 Å². The molecule has 2 aromatic rings. The van der Waals surface area contributed by atoms with Crippen molar-refractivity contribution < 1.29 is 19.0 Å². The second-order valence-corrected chi connectivity index (χ2v) is 15.9. The van der Waals surface area contributed by atoms with Gasteiger partial charge in [0.2, 0.25) is 0 Å². The molecule has 306 valence electrons. The minimum absolute atomic E-state index is 0.241. The van der Waals surface area contributed by atoms with E-state index in [1.54, 1.807) is 0 Å². The summed E-state index contributed by atoms with van der Waals surface area (Å²) in [6, 6.07) is 14.0. The van der Waals surface area contributed by atoms with Gasteiger partial charge >= 0.3 is 5.97 Å². The fourth-order valence-electron chi connectivity index (χ4n) is 6.85. The molecule has 2 aromatic carbocycles. The fourth-order valence-corrected chi connectivity index (χ4v) is 7.07. The zero-order valence-corrected chi connectivity index (χ0v) is 35.8. The van der Waals surface area contributed by atoms with E-state index in [2.05, 4.69) is 56.8 Å². The molecule has 0 aromatic heterocycles. The van der Waals surface area contributed by atoms with E-state index < -0.39 is 0 Å². The molecule has 0 aliphatic carbocycles. The third-order valence-electron chi connectivity index (χ3n) is 10.4. The van der Waals surface area contributed by atoms with E-state index in [0.717, 1.165) is 60.7 Å². The van der Waals surface area contributed by atoms with Crippen LogP contribution in [0.4, 0.5) is 0 Å². The predicted octanol–water partition coefficient (Wildman–Crippen LogP) is 15.7. The number of carbonyl (C=O) groups excluding carboxylic acids is 1. The highest BCUT2D eigenvalue weighted by Crippen LogP contribution is 2.30. The van der Waals surface area contributed by atoms with E-state index in [9.17, 15) is 4.79 Å². The molecule has 0 saturated carbocycles. The molecule has 0 aliphatic rings.